The molecule has 142 valence electrons. The standard InChI is InChI=1S/C10H20N2O2.2C3H6O2/c1-3-9(13)11-7-5-6-8-12-10(14)4-2;2*1-2-3(4)5/h3-8H2,1-2H3,(H,11,13)(H,12,14);2*2H2,1H3,(H,4,5). The molecular weight excluding hydrogens is 316 g/mol. The highest BCUT2D eigenvalue weighted by atomic mass is 16.4. The summed E-state index contributed by atoms with van der Waals surface area (Å²) in [5.74, 6) is -1.32. The maximum absolute atomic E-state index is 10.8. The Bertz CT molecular complexity index is 324. The van der Waals surface area contributed by atoms with Crippen LogP contribution < -0.4 is 10.6 Å². The van der Waals surface area contributed by atoms with Crippen molar-refractivity contribution < 1.29 is 29.4 Å². The maximum atomic E-state index is 10.8. The van der Waals surface area contributed by atoms with E-state index in [4.69, 9.17) is 10.2 Å². The molecule has 0 aliphatic heterocycles. The van der Waals surface area contributed by atoms with Crippen molar-refractivity contribution in [2.75, 3.05) is 13.1 Å². The molecule has 4 N–H and O–H groups in total. The van der Waals surface area contributed by atoms with Crippen LogP contribution in [0.1, 0.15) is 66.2 Å². The third-order valence-electron chi connectivity index (χ3n) is 2.50. The van der Waals surface area contributed by atoms with Crippen LogP contribution in [0.2, 0.25) is 0 Å². The number of carbonyl (C=O) groups is 4. The molecule has 0 aromatic carbocycles. The average molecular weight is 348 g/mol. The van der Waals surface area contributed by atoms with E-state index < -0.39 is 11.9 Å². The third kappa shape index (κ3) is 32.0. The second-order valence-electron chi connectivity index (χ2n) is 4.61. The van der Waals surface area contributed by atoms with Gasteiger partial charge in [-0.1, -0.05) is 27.7 Å². The van der Waals surface area contributed by atoms with Crippen LogP contribution in [0.5, 0.6) is 0 Å². The van der Waals surface area contributed by atoms with Gasteiger partial charge in [-0.2, -0.15) is 0 Å². The fourth-order valence-corrected chi connectivity index (χ4v) is 0.956. The first kappa shape index (κ1) is 26.8. The fourth-order valence-electron chi connectivity index (χ4n) is 0.956. The Morgan fingerprint density at radius 3 is 1.04 bits per heavy atom. The molecule has 8 heteroatoms. The molecule has 0 unspecified atom stereocenters. The largest absolute Gasteiger partial charge is 0.481 e. The van der Waals surface area contributed by atoms with Gasteiger partial charge in [0.05, 0.1) is 0 Å². The zero-order valence-corrected chi connectivity index (χ0v) is 15.2. The minimum Gasteiger partial charge on any atom is -0.481 e. The van der Waals surface area contributed by atoms with Gasteiger partial charge in [0.1, 0.15) is 0 Å². The number of aliphatic carboxylic acids is 2. The Balaban J connectivity index is -0.000000361. The van der Waals surface area contributed by atoms with Crippen LogP contribution in [-0.2, 0) is 19.2 Å². The first-order valence-electron chi connectivity index (χ1n) is 8.21. The Morgan fingerprint density at radius 1 is 0.625 bits per heavy atom. The van der Waals surface area contributed by atoms with Crippen molar-refractivity contribution >= 4 is 23.8 Å². The molecule has 0 radical (unpaired) electrons. The van der Waals surface area contributed by atoms with Gasteiger partial charge in [0, 0.05) is 38.8 Å². The van der Waals surface area contributed by atoms with Crippen LogP contribution in [0, 0.1) is 0 Å². The topological polar surface area (TPSA) is 133 Å². The van der Waals surface area contributed by atoms with Crippen molar-refractivity contribution in [1.82, 2.24) is 10.6 Å². The lowest BCUT2D eigenvalue weighted by molar-refractivity contribution is -0.137. The van der Waals surface area contributed by atoms with Gasteiger partial charge in [0.25, 0.3) is 0 Å². The van der Waals surface area contributed by atoms with Gasteiger partial charge >= 0.3 is 11.9 Å². The summed E-state index contributed by atoms with van der Waals surface area (Å²) in [6.45, 7) is 8.27. The van der Waals surface area contributed by atoms with Crippen molar-refractivity contribution in [3.05, 3.63) is 0 Å². The number of nitrogens with one attached hydrogen (secondary N) is 2. The number of carbonyl (C=O) groups excluding carboxylic acids is 2. The van der Waals surface area contributed by atoms with Crippen molar-refractivity contribution in [1.29, 1.82) is 0 Å². The summed E-state index contributed by atoms with van der Waals surface area (Å²) < 4.78 is 0. The lowest BCUT2D eigenvalue weighted by Gasteiger charge is -2.04. The maximum Gasteiger partial charge on any atom is 0.303 e. The van der Waals surface area contributed by atoms with Crippen molar-refractivity contribution in [2.24, 2.45) is 0 Å². The summed E-state index contributed by atoms with van der Waals surface area (Å²) in [4.78, 5) is 40.4. The van der Waals surface area contributed by atoms with E-state index in [0.29, 0.717) is 25.9 Å². The second-order valence-corrected chi connectivity index (χ2v) is 4.61. The summed E-state index contributed by atoms with van der Waals surface area (Å²) in [5.41, 5.74) is 0. The van der Waals surface area contributed by atoms with Gasteiger partial charge in [0.15, 0.2) is 0 Å². The molecule has 0 heterocycles. The van der Waals surface area contributed by atoms with E-state index >= 15 is 0 Å². The molecular formula is C16H32N2O6. The summed E-state index contributed by atoms with van der Waals surface area (Å²) in [6, 6.07) is 0. The molecule has 0 saturated carbocycles. The Hall–Kier alpha value is -2.12. The number of hydrogen-bond donors (Lipinski definition) is 4. The van der Waals surface area contributed by atoms with E-state index in [-0.39, 0.29) is 24.7 Å². The molecule has 0 spiro atoms. The average Bonchev–Trinajstić information content (AvgIpc) is 2.58. The predicted octanol–water partition coefficient (Wildman–Crippen LogP) is 1.78. The number of unbranched alkanes of at least 4 members (excludes halogenated alkanes) is 1. The monoisotopic (exact) mass is 348 g/mol. The predicted molar refractivity (Wildman–Crippen MR) is 91.7 cm³/mol. The summed E-state index contributed by atoms with van der Waals surface area (Å²) >= 11 is 0. The van der Waals surface area contributed by atoms with Gasteiger partial charge in [-0.05, 0) is 12.8 Å². The fraction of sp³-hybridized carbons (Fsp3) is 0.750. The van der Waals surface area contributed by atoms with E-state index in [0.717, 1.165) is 12.8 Å². The lowest BCUT2D eigenvalue weighted by Crippen LogP contribution is -2.26. The molecule has 0 saturated heterocycles. The number of carboxylic acids is 2. The van der Waals surface area contributed by atoms with Crippen molar-refractivity contribution in [3.8, 4) is 0 Å². The highest BCUT2D eigenvalue weighted by Gasteiger charge is 1.96. The SMILES string of the molecule is CCC(=O)NCCCCNC(=O)CC.CCC(=O)O.CCC(=O)O. The molecule has 0 rings (SSSR count). The van der Waals surface area contributed by atoms with Crippen LogP contribution in [0.15, 0.2) is 0 Å². The van der Waals surface area contributed by atoms with Gasteiger partial charge in [-0.15, -0.1) is 0 Å². The molecule has 0 fully saturated rings. The second kappa shape index (κ2) is 20.9. The van der Waals surface area contributed by atoms with Crippen LogP contribution in [0.25, 0.3) is 0 Å². The molecule has 0 aliphatic rings. The molecule has 2 amide bonds. The first-order chi connectivity index (χ1) is 11.2. The van der Waals surface area contributed by atoms with Crippen LogP contribution in [0.3, 0.4) is 0 Å². The molecule has 24 heavy (non-hydrogen) atoms. The summed E-state index contributed by atoms with van der Waals surface area (Å²) in [5, 5.41) is 21.0. The lowest BCUT2D eigenvalue weighted by atomic mass is 10.3. The van der Waals surface area contributed by atoms with Gasteiger partial charge in [-0.3, -0.25) is 19.2 Å². The third-order valence-corrected chi connectivity index (χ3v) is 2.50. The normalized spacial score (nSPS) is 8.67. The quantitative estimate of drug-likeness (QED) is 0.469. The Morgan fingerprint density at radius 2 is 0.875 bits per heavy atom. The zero-order chi connectivity index (χ0) is 19.4. The number of rotatable bonds is 9. The summed E-state index contributed by atoms with van der Waals surface area (Å²) in [7, 11) is 0. The van der Waals surface area contributed by atoms with E-state index in [2.05, 4.69) is 10.6 Å². The van der Waals surface area contributed by atoms with Crippen molar-refractivity contribution in [2.45, 2.75) is 66.2 Å². The van der Waals surface area contributed by atoms with Crippen molar-refractivity contribution in [3.63, 3.8) is 0 Å². The first-order valence-corrected chi connectivity index (χ1v) is 8.21. The van der Waals surface area contributed by atoms with E-state index in [9.17, 15) is 19.2 Å². The minimum atomic E-state index is -0.745. The smallest absolute Gasteiger partial charge is 0.303 e. The number of amides is 2. The van der Waals surface area contributed by atoms with Crippen LogP contribution in [0.4, 0.5) is 0 Å². The van der Waals surface area contributed by atoms with E-state index in [1.165, 1.54) is 0 Å². The number of hydrogen-bond acceptors (Lipinski definition) is 4. The molecule has 0 aliphatic carbocycles. The zero-order valence-electron chi connectivity index (χ0n) is 15.2. The highest BCUT2D eigenvalue weighted by molar-refractivity contribution is 5.75. The van der Waals surface area contributed by atoms with E-state index in [1.807, 2.05) is 13.8 Å². The van der Waals surface area contributed by atoms with Gasteiger partial charge in [-0.25, -0.2) is 0 Å². The molecule has 0 bridgehead atoms. The molecule has 8 nitrogen and oxygen atoms in total. The van der Waals surface area contributed by atoms with Gasteiger partial charge in [0.2, 0.25) is 11.8 Å². The number of carboxylic acid groups (broad SMARTS) is 2. The van der Waals surface area contributed by atoms with Crippen LogP contribution in [-0.4, -0.2) is 47.1 Å². The Labute approximate surface area is 144 Å². The van der Waals surface area contributed by atoms with Crippen LogP contribution >= 0.6 is 0 Å². The minimum absolute atomic E-state index is 0.0857. The summed E-state index contributed by atoms with van der Waals surface area (Å²) in [6.07, 6.45) is 3.34. The van der Waals surface area contributed by atoms with Gasteiger partial charge < -0.3 is 20.8 Å². The Kier molecular flexibility index (Phi) is 23.3. The van der Waals surface area contributed by atoms with E-state index in [1.54, 1.807) is 13.8 Å². The highest BCUT2D eigenvalue weighted by Crippen LogP contribution is 1.86. The molecule has 0 aromatic heterocycles. The molecule has 0 aromatic rings. The molecule has 0 atom stereocenters.